The third kappa shape index (κ3) is 2.88. The van der Waals surface area contributed by atoms with Crippen molar-refractivity contribution in [1.82, 2.24) is 20.3 Å². The summed E-state index contributed by atoms with van der Waals surface area (Å²) < 4.78 is 0.937. The summed E-state index contributed by atoms with van der Waals surface area (Å²) in [6.45, 7) is 2.79. The van der Waals surface area contributed by atoms with Crippen molar-refractivity contribution in [3.63, 3.8) is 0 Å². The Bertz CT molecular complexity index is 755. The molecular weight excluding hydrogens is 276 g/mol. The average molecular weight is 290 g/mol. The van der Waals surface area contributed by atoms with Gasteiger partial charge in [-0.3, -0.25) is 14.4 Å². The average Bonchev–Trinajstić information content (AvgIpc) is 2.47. The van der Waals surface area contributed by atoms with Gasteiger partial charge in [0.15, 0.2) is 0 Å². The van der Waals surface area contributed by atoms with E-state index in [1.807, 2.05) is 0 Å². The van der Waals surface area contributed by atoms with Crippen LogP contribution in [-0.4, -0.2) is 38.0 Å². The fourth-order valence-corrected chi connectivity index (χ4v) is 1.76. The zero-order valence-electron chi connectivity index (χ0n) is 11.5. The van der Waals surface area contributed by atoms with Crippen molar-refractivity contribution >= 4 is 22.8 Å². The Kier molecular flexibility index (Phi) is 3.97. The van der Waals surface area contributed by atoms with E-state index in [4.69, 9.17) is 5.11 Å². The number of amides is 1. The lowest BCUT2D eigenvalue weighted by atomic mass is 10.2. The molecule has 2 unspecified atom stereocenters. The Morgan fingerprint density at radius 3 is 2.62 bits per heavy atom. The smallest absolute Gasteiger partial charge is 0.325 e. The van der Waals surface area contributed by atoms with Gasteiger partial charge in [-0.1, -0.05) is 17.3 Å². The SMILES string of the molecule is CC(NC(=O)C(C)n1nnc2ccccc2c1=O)C(=O)O. The summed E-state index contributed by atoms with van der Waals surface area (Å²) in [5.41, 5.74) is -0.0171. The number of nitrogens with zero attached hydrogens (tertiary/aromatic N) is 3. The normalized spacial score (nSPS) is 13.6. The third-order valence-corrected chi connectivity index (χ3v) is 3.07. The largest absolute Gasteiger partial charge is 0.480 e. The Morgan fingerprint density at radius 1 is 1.29 bits per heavy atom. The van der Waals surface area contributed by atoms with E-state index >= 15 is 0 Å². The van der Waals surface area contributed by atoms with Crippen LogP contribution in [0.4, 0.5) is 0 Å². The second kappa shape index (κ2) is 5.70. The Balaban J connectivity index is 2.33. The van der Waals surface area contributed by atoms with Gasteiger partial charge in [0.1, 0.15) is 17.6 Å². The standard InChI is InChI=1S/C13H14N4O4/c1-7(13(20)21)14-11(18)8(2)17-12(19)9-5-3-4-6-10(9)15-16-17/h3-8H,1-2H3,(H,14,18)(H,20,21). The number of hydrogen-bond acceptors (Lipinski definition) is 5. The molecule has 1 amide bonds. The summed E-state index contributed by atoms with van der Waals surface area (Å²) in [6, 6.07) is 4.64. The van der Waals surface area contributed by atoms with Crippen molar-refractivity contribution in [1.29, 1.82) is 0 Å². The van der Waals surface area contributed by atoms with E-state index in [1.54, 1.807) is 24.3 Å². The first-order valence-electron chi connectivity index (χ1n) is 6.29. The number of benzene rings is 1. The first-order valence-corrected chi connectivity index (χ1v) is 6.29. The molecule has 2 N–H and O–H groups in total. The van der Waals surface area contributed by atoms with Crippen LogP contribution >= 0.6 is 0 Å². The van der Waals surface area contributed by atoms with E-state index in [9.17, 15) is 14.4 Å². The number of carboxylic acid groups (broad SMARTS) is 1. The fraction of sp³-hybridized carbons (Fsp3) is 0.308. The van der Waals surface area contributed by atoms with Gasteiger partial charge in [-0.05, 0) is 26.0 Å². The molecule has 0 bridgehead atoms. The Morgan fingerprint density at radius 2 is 1.95 bits per heavy atom. The van der Waals surface area contributed by atoms with E-state index < -0.39 is 29.5 Å². The van der Waals surface area contributed by atoms with E-state index in [1.165, 1.54) is 13.8 Å². The number of fused-ring (bicyclic) bond motifs is 1. The van der Waals surface area contributed by atoms with Crippen molar-refractivity contribution in [2.75, 3.05) is 0 Å². The number of carbonyl (C=O) groups is 2. The van der Waals surface area contributed by atoms with Gasteiger partial charge in [-0.25, -0.2) is 0 Å². The number of carboxylic acids is 1. The van der Waals surface area contributed by atoms with Crippen LogP contribution in [0, 0.1) is 0 Å². The van der Waals surface area contributed by atoms with E-state index in [2.05, 4.69) is 15.6 Å². The maximum Gasteiger partial charge on any atom is 0.325 e. The molecule has 0 aliphatic rings. The Labute approximate surface area is 119 Å². The number of rotatable bonds is 4. The number of hydrogen-bond donors (Lipinski definition) is 2. The molecule has 2 rings (SSSR count). The summed E-state index contributed by atoms with van der Waals surface area (Å²) in [7, 11) is 0. The van der Waals surface area contributed by atoms with Gasteiger partial charge in [0.2, 0.25) is 5.91 Å². The second-order valence-corrected chi connectivity index (χ2v) is 4.60. The lowest BCUT2D eigenvalue weighted by molar-refractivity contribution is -0.141. The molecule has 0 saturated heterocycles. The maximum atomic E-state index is 12.3. The molecule has 110 valence electrons. The van der Waals surface area contributed by atoms with Crippen LogP contribution in [0.2, 0.25) is 0 Å². The summed E-state index contributed by atoms with van der Waals surface area (Å²) >= 11 is 0. The summed E-state index contributed by atoms with van der Waals surface area (Å²) in [5, 5.41) is 19.0. The molecule has 0 radical (unpaired) electrons. The van der Waals surface area contributed by atoms with Crippen molar-refractivity contribution in [2.45, 2.75) is 25.9 Å². The molecule has 2 aromatic rings. The molecule has 0 fully saturated rings. The molecule has 1 heterocycles. The van der Waals surface area contributed by atoms with E-state index in [0.717, 1.165) is 4.68 Å². The highest BCUT2D eigenvalue weighted by molar-refractivity contribution is 5.85. The summed E-state index contributed by atoms with van der Waals surface area (Å²) in [6.07, 6.45) is 0. The van der Waals surface area contributed by atoms with E-state index in [0.29, 0.717) is 10.9 Å². The molecular formula is C13H14N4O4. The lowest BCUT2D eigenvalue weighted by Crippen LogP contribution is -2.44. The van der Waals surface area contributed by atoms with Crippen LogP contribution in [0.3, 0.4) is 0 Å². The minimum absolute atomic E-state index is 0.346. The highest BCUT2D eigenvalue weighted by Gasteiger charge is 2.22. The van der Waals surface area contributed by atoms with Gasteiger partial charge in [-0.15, -0.1) is 5.10 Å². The summed E-state index contributed by atoms with van der Waals surface area (Å²) in [4.78, 5) is 34.9. The van der Waals surface area contributed by atoms with Crippen LogP contribution in [0.15, 0.2) is 29.1 Å². The van der Waals surface area contributed by atoms with Crippen molar-refractivity contribution in [2.24, 2.45) is 0 Å². The molecule has 2 atom stereocenters. The molecule has 8 heteroatoms. The lowest BCUT2D eigenvalue weighted by Gasteiger charge is -2.15. The van der Waals surface area contributed by atoms with E-state index in [-0.39, 0.29) is 0 Å². The van der Waals surface area contributed by atoms with Crippen LogP contribution in [0.5, 0.6) is 0 Å². The van der Waals surface area contributed by atoms with Gasteiger partial charge >= 0.3 is 5.97 Å². The van der Waals surface area contributed by atoms with Gasteiger partial charge < -0.3 is 10.4 Å². The third-order valence-electron chi connectivity index (χ3n) is 3.07. The van der Waals surface area contributed by atoms with Gasteiger partial charge in [-0.2, -0.15) is 4.68 Å². The monoisotopic (exact) mass is 290 g/mol. The molecule has 0 spiro atoms. The number of aliphatic carboxylic acids is 1. The molecule has 1 aromatic carbocycles. The summed E-state index contributed by atoms with van der Waals surface area (Å²) in [5.74, 6) is -1.77. The van der Waals surface area contributed by atoms with Gasteiger partial charge in [0, 0.05) is 0 Å². The molecule has 0 saturated carbocycles. The van der Waals surface area contributed by atoms with Crippen LogP contribution in [0.25, 0.3) is 10.9 Å². The topological polar surface area (TPSA) is 114 Å². The highest BCUT2D eigenvalue weighted by Crippen LogP contribution is 2.06. The Hall–Kier alpha value is -2.77. The first-order chi connectivity index (χ1) is 9.91. The number of carbonyl (C=O) groups excluding carboxylic acids is 1. The number of aromatic nitrogens is 3. The molecule has 8 nitrogen and oxygen atoms in total. The van der Waals surface area contributed by atoms with Crippen LogP contribution < -0.4 is 10.9 Å². The minimum atomic E-state index is -1.16. The highest BCUT2D eigenvalue weighted by atomic mass is 16.4. The molecule has 0 aliphatic carbocycles. The fourth-order valence-electron chi connectivity index (χ4n) is 1.76. The second-order valence-electron chi connectivity index (χ2n) is 4.60. The van der Waals surface area contributed by atoms with Crippen LogP contribution in [-0.2, 0) is 9.59 Å². The molecule has 21 heavy (non-hydrogen) atoms. The van der Waals surface area contributed by atoms with Crippen LogP contribution in [0.1, 0.15) is 19.9 Å². The minimum Gasteiger partial charge on any atom is -0.480 e. The molecule has 1 aromatic heterocycles. The first kappa shape index (κ1) is 14.6. The number of nitrogens with one attached hydrogen (secondary N) is 1. The zero-order chi connectivity index (χ0) is 15.6. The van der Waals surface area contributed by atoms with Crippen molar-refractivity contribution < 1.29 is 14.7 Å². The van der Waals surface area contributed by atoms with Gasteiger partial charge in [0.25, 0.3) is 5.56 Å². The maximum absolute atomic E-state index is 12.3. The van der Waals surface area contributed by atoms with Crippen molar-refractivity contribution in [3.05, 3.63) is 34.6 Å². The predicted octanol–water partition coefficient (Wildman–Crippen LogP) is -0.0582. The molecule has 0 aliphatic heterocycles. The predicted molar refractivity (Wildman–Crippen MR) is 73.7 cm³/mol. The van der Waals surface area contributed by atoms with Crippen molar-refractivity contribution in [3.8, 4) is 0 Å². The van der Waals surface area contributed by atoms with Gasteiger partial charge in [0.05, 0.1) is 5.39 Å². The quantitative estimate of drug-likeness (QED) is 0.815. The zero-order valence-corrected chi connectivity index (χ0v) is 11.5.